The predicted octanol–water partition coefficient (Wildman–Crippen LogP) is 2.63. The van der Waals surface area contributed by atoms with Gasteiger partial charge in [-0.25, -0.2) is 4.99 Å². The molecule has 22 heavy (non-hydrogen) atoms. The van der Waals surface area contributed by atoms with Gasteiger partial charge in [0, 0.05) is 5.56 Å². The van der Waals surface area contributed by atoms with E-state index in [1.165, 1.54) is 7.11 Å². The topological polar surface area (TPSA) is 59.9 Å². The molecule has 5 nitrogen and oxygen atoms in total. The molecule has 1 amide bonds. The van der Waals surface area contributed by atoms with Crippen molar-refractivity contribution in [3.8, 4) is 5.75 Å². The van der Waals surface area contributed by atoms with Crippen LogP contribution in [-0.4, -0.2) is 26.1 Å². The van der Waals surface area contributed by atoms with Crippen LogP contribution in [0.25, 0.3) is 0 Å². The van der Waals surface area contributed by atoms with Gasteiger partial charge in [-0.3, -0.25) is 10.1 Å². The number of ether oxygens (including phenoxy) is 2. The van der Waals surface area contributed by atoms with E-state index < -0.39 is 0 Å². The third-order valence-electron chi connectivity index (χ3n) is 3.01. The molecule has 0 bridgehead atoms. The monoisotopic (exact) mass is 298 g/mol. The average molecular weight is 298 g/mol. The third-order valence-corrected chi connectivity index (χ3v) is 3.01. The van der Waals surface area contributed by atoms with Crippen LogP contribution in [0.1, 0.15) is 15.9 Å². The number of methoxy groups -OCH3 is 2. The van der Waals surface area contributed by atoms with E-state index in [0.717, 1.165) is 5.56 Å². The number of rotatable bonds is 4. The Morgan fingerprint density at radius 1 is 1.05 bits per heavy atom. The number of carbonyl (C=O) groups is 1. The van der Waals surface area contributed by atoms with Crippen LogP contribution >= 0.6 is 0 Å². The van der Waals surface area contributed by atoms with E-state index in [1.807, 2.05) is 30.3 Å². The summed E-state index contributed by atoms with van der Waals surface area (Å²) in [6.07, 6.45) is 0. The second-order valence-corrected chi connectivity index (χ2v) is 4.49. The van der Waals surface area contributed by atoms with Crippen LogP contribution in [-0.2, 0) is 11.3 Å². The number of carbonyl (C=O) groups excluding carboxylic acids is 1. The lowest BCUT2D eigenvalue weighted by Gasteiger charge is -2.08. The highest BCUT2D eigenvalue weighted by Crippen LogP contribution is 2.11. The number of amidine groups is 1. The van der Waals surface area contributed by atoms with Gasteiger partial charge in [0.2, 0.25) is 0 Å². The second kappa shape index (κ2) is 7.83. The minimum Gasteiger partial charge on any atom is -0.497 e. The zero-order valence-electron chi connectivity index (χ0n) is 12.6. The summed E-state index contributed by atoms with van der Waals surface area (Å²) in [4.78, 5) is 16.4. The standard InChI is InChI=1S/C17H18N2O3/c1-21-15-10-8-14(9-11-15)16(20)19-17(22-2)18-12-13-6-4-3-5-7-13/h3-11H,12H2,1-2H3,(H,18,19,20). The first-order valence-electron chi connectivity index (χ1n) is 6.80. The molecule has 0 saturated heterocycles. The van der Waals surface area contributed by atoms with Gasteiger partial charge < -0.3 is 9.47 Å². The molecule has 2 rings (SSSR count). The minimum atomic E-state index is -0.281. The van der Waals surface area contributed by atoms with E-state index in [9.17, 15) is 4.79 Å². The van der Waals surface area contributed by atoms with Gasteiger partial charge >= 0.3 is 0 Å². The van der Waals surface area contributed by atoms with Crippen molar-refractivity contribution in [2.45, 2.75) is 6.54 Å². The van der Waals surface area contributed by atoms with Crippen LogP contribution in [0.15, 0.2) is 59.6 Å². The molecule has 0 radical (unpaired) electrons. The molecule has 5 heteroatoms. The van der Waals surface area contributed by atoms with Crippen LogP contribution in [0.5, 0.6) is 5.75 Å². The van der Waals surface area contributed by atoms with E-state index in [0.29, 0.717) is 17.9 Å². The fourth-order valence-electron chi connectivity index (χ4n) is 1.81. The lowest BCUT2D eigenvalue weighted by molar-refractivity contribution is 0.0968. The Kier molecular flexibility index (Phi) is 5.54. The van der Waals surface area contributed by atoms with Crippen molar-refractivity contribution in [3.63, 3.8) is 0 Å². The lowest BCUT2D eigenvalue weighted by atomic mass is 10.2. The first kappa shape index (κ1) is 15.6. The third kappa shape index (κ3) is 4.34. The summed E-state index contributed by atoms with van der Waals surface area (Å²) in [5.74, 6) is 0.414. The number of amides is 1. The van der Waals surface area contributed by atoms with Crippen molar-refractivity contribution >= 4 is 11.9 Å². The van der Waals surface area contributed by atoms with Gasteiger partial charge in [0.05, 0.1) is 20.8 Å². The molecule has 0 spiro atoms. The molecule has 0 aliphatic carbocycles. The zero-order chi connectivity index (χ0) is 15.8. The van der Waals surface area contributed by atoms with E-state index in [1.54, 1.807) is 31.4 Å². The Morgan fingerprint density at radius 3 is 2.32 bits per heavy atom. The summed E-state index contributed by atoms with van der Waals surface area (Å²) in [5, 5.41) is 2.64. The molecule has 0 saturated carbocycles. The molecule has 2 aromatic rings. The van der Waals surface area contributed by atoms with Gasteiger partial charge in [0.15, 0.2) is 0 Å². The van der Waals surface area contributed by atoms with Gasteiger partial charge in [-0.05, 0) is 29.8 Å². The second-order valence-electron chi connectivity index (χ2n) is 4.49. The van der Waals surface area contributed by atoms with Crippen molar-refractivity contribution < 1.29 is 14.3 Å². The van der Waals surface area contributed by atoms with E-state index >= 15 is 0 Å². The fourth-order valence-corrected chi connectivity index (χ4v) is 1.81. The van der Waals surface area contributed by atoms with Gasteiger partial charge in [-0.15, -0.1) is 0 Å². The molecular weight excluding hydrogens is 280 g/mol. The summed E-state index contributed by atoms with van der Waals surface area (Å²) in [6, 6.07) is 16.7. The highest BCUT2D eigenvalue weighted by Gasteiger charge is 2.09. The molecule has 1 N–H and O–H groups in total. The van der Waals surface area contributed by atoms with Crippen LogP contribution in [0.4, 0.5) is 0 Å². The molecule has 0 fully saturated rings. The summed E-state index contributed by atoms with van der Waals surface area (Å²) >= 11 is 0. The zero-order valence-corrected chi connectivity index (χ0v) is 12.6. The van der Waals surface area contributed by atoms with Gasteiger partial charge in [0.1, 0.15) is 5.75 Å². The Bertz CT molecular complexity index is 637. The summed E-state index contributed by atoms with van der Waals surface area (Å²) < 4.78 is 10.2. The van der Waals surface area contributed by atoms with E-state index in [-0.39, 0.29) is 11.9 Å². The minimum absolute atomic E-state index is 0.185. The normalized spacial score (nSPS) is 10.9. The van der Waals surface area contributed by atoms with Crippen molar-refractivity contribution in [1.29, 1.82) is 0 Å². The van der Waals surface area contributed by atoms with Crippen molar-refractivity contribution in [3.05, 3.63) is 65.7 Å². The Morgan fingerprint density at radius 2 is 1.73 bits per heavy atom. The van der Waals surface area contributed by atoms with Gasteiger partial charge in [-0.2, -0.15) is 0 Å². The Hall–Kier alpha value is -2.82. The first-order chi connectivity index (χ1) is 10.7. The number of nitrogens with one attached hydrogen (secondary N) is 1. The number of hydrogen-bond acceptors (Lipinski definition) is 4. The Balaban J connectivity index is 2.00. The maximum Gasteiger partial charge on any atom is 0.291 e. The van der Waals surface area contributed by atoms with E-state index in [4.69, 9.17) is 9.47 Å². The van der Waals surface area contributed by atoms with Crippen molar-refractivity contribution in [1.82, 2.24) is 5.32 Å². The van der Waals surface area contributed by atoms with Gasteiger partial charge in [0.25, 0.3) is 11.9 Å². The van der Waals surface area contributed by atoms with Crippen LogP contribution in [0, 0.1) is 0 Å². The summed E-state index contributed by atoms with van der Waals surface area (Å²) in [6.45, 7) is 0.437. The van der Waals surface area contributed by atoms with E-state index in [2.05, 4.69) is 10.3 Å². The molecular formula is C17H18N2O3. The number of nitrogens with zero attached hydrogens (tertiary/aromatic N) is 1. The first-order valence-corrected chi connectivity index (χ1v) is 6.80. The van der Waals surface area contributed by atoms with Crippen molar-refractivity contribution in [2.24, 2.45) is 4.99 Å². The van der Waals surface area contributed by atoms with Crippen molar-refractivity contribution in [2.75, 3.05) is 14.2 Å². The highest BCUT2D eigenvalue weighted by molar-refractivity contribution is 6.04. The summed E-state index contributed by atoms with van der Waals surface area (Å²) in [7, 11) is 3.05. The number of benzene rings is 2. The van der Waals surface area contributed by atoms with Gasteiger partial charge in [-0.1, -0.05) is 30.3 Å². The molecule has 0 unspecified atom stereocenters. The number of aliphatic imine (C=N–C) groups is 1. The highest BCUT2D eigenvalue weighted by atomic mass is 16.5. The molecule has 0 aromatic heterocycles. The molecule has 114 valence electrons. The SMILES string of the molecule is COC(=NCc1ccccc1)NC(=O)c1ccc(OC)cc1. The number of hydrogen-bond donors (Lipinski definition) is 1. The molecule has 0 atom stereocenters. The molecule has 0 aliphatic rings. The maximum atomic E-state index is 12.1. The predicted molar refractivity (Wildman–Crippen MR) is 85.1 cm³/mol. The fraction of sp³-hybridized carbons (Fsp3) is 0.176. The Labute approximate surface area is 129 Å². The largest absolute Gasteiger partial charge is 0.497 e. The lowest BCUT2D eigenvalue weighted by Crippen LogP contribution is -2.31. The van der Waals surface area contributed by atoms with Crippen LogP contribution in [0.2, 0.25) is 0 Å². The molecule has 0 heterocycles. The molecule has 0 aliphatic heterocycles. The maximum absolute atomic E-state index is 12.1. The summed E-state index contributed by atoms with van der Waals surface area (Å²) in [5.41, 5.74) is 1.54. The van der Waals surface area contributed by atoms with Crippen LogP contribution < -0.4 is 10.1 Å². The quantitative estimate of drug-likeness (QED) is 0.697. The van der Waals surface area contributed by atoms with Crippen LogP contribution in [0.3, 0.4) is 0 Å². The molecule has 2 aromatic carbocycles. The smallest absolute Gasteiger partial charge is 0.291 e. The average Bonchev–Trinajstić information content (AvgIpc) is 2.59.